The zero-order valence-electron chi connectivity index (χ0n) is 10.9. The molecule has 0 atom stereocenters. The van der Waals surface area contributed by atoms with Crippen molar-refractivity contribution in [3.05, 3.63) is 34.9 Å². The van der Waals surface area contributed by atoms with Crippen LogP contribution in [0.15, 0.2) is 18.2 Å². The van der Waals surface area contributed by atoms with Gasteiger partial charge in [-0.15, -0.1) is 0 Å². The molecule has 17 heavy (non-hydrogen) atoms. The monoisotopic (exact) mass is 235 g/mol. The van der Waals surface area contributed by atoms with Gasteiger partial charge in [0.15, 0.2) is 0 Å². The van der Waals surface area contributed by atoms with Crippen molar-refractivity contribution in [2.45, 2.75) is 26.7 Å². The van der Waals surface area contributed by atoms with E-state index in [-0.39, 0.29) is 12.5 Å². The Morgan fingerprint density at radius 3 is 2.35 bits per heavy atom. The molecule has 0 unspecified atom stereocenters. The van der Waals surface area contributed by atoms with E-state index in [9.17, 15) is 4.79 Å². The lowest BCUT2D eigenvalue weighted by Gasteiger charge is -2.15. The fourth-order valence-corrected chi connectivity index (χ4v) is 1.93. The van der Waals surface area contributed by atoms with E-state index in [1.54, 1.807) is 11.9 Å². The number of carbonyl (C=O) groups excluding carboxylic acids is 1. The lowest BCUT2D eigenvalue weighted by molar-refractivity contribution is -0.130. The highest BCUT2D eigenvalue weighted by Crippen LogP contribution is 2.11. The molecule has 3 nitrogen and oxygen atoms in total. The molecule has 1 rings (SSSR count). The van der Waals surface area contributed by atoms with Gasteiger partial charge in [-0.05, 0) is 25.8 Å². The molecule has 0 saturated carbocycles. The van der Waals surface area contributed by atoms with Crippen LogP contribution in [-0.2, 0) is 11.2 Å². The summed E-state index contributed by atoms with van der Waals surface area (Å²) < 4.78 is 0. The SMILES string of the molecule is Cc1cc(C)cc(CCC(=O)N(C)CCO)c1. The number of hydrogen-bond donors (Lipinski definition) is 1. The minimum atomic E-state index is 0.0196. The highest BCUT2D eigenvalue weighted by atomic mass is 16.3. The van der Waals surface area contributed by atoms with Crippen molar-refractivity contribution >= 4 is 5.91 Å². The molecule has 0 saturated heterocycles. The number of aliphatic hydroxyl groups excluding tert-OH is 1. The maximum Gasteiger partial charge on any atom is 0.222 e. The van der Waals surface area contributed by atoms with E-state index in [0.717, 1.165) is 6.42 Å². The van der Waals surface area contributed by atoms with Gasteiger partial charge in [0.1, 0.15) is 0 Å². The second-order valence-electron chi connectivity index (χ2n) is 4.53. The Kier molecular flexibility index (Phi) is 5.16. The number of likely N-dealkylation sites (N-methyl/N-ethyl adjacent to an activating group) is 1. The Labute approximate surface area is 103 Å². The Morgan fingerprint density at radius 1 is 1.24 bits per heavy atom. The fraction of sp³-hybridized carbons (Fsp3) is 0.500. The molecule has 3 heteroatoms. The molecule has 1 N–H and O–H groups in total. The van der Waals surface area contributed by atoms with Gasteiger partial charge in [0.25, 0.3) is 0 Å². The third kappa shape index (κ3) is 4.57. The van der Waals surface area contributed by atoms with E-state index in [1.807, 2.05) is 0 Å². The summed E-state index contributed by atoms with van der Waals surface area (Å²) in [5.74, 6) is 0.0817. The van der Waals surface area contributed by atoms with Gasteiger partial charge in [0.2, 0.25) is 5.91 Å². The molecule has 0 aliphatic rings. The molecule has 0 aliphatic carbocycles. The van der Waals surface area contributed by atoms with Crippen molar-refractivity contribution in [2.75, 3.05) is 20.2 Å². The molecule has 0 fully saturated rings. The van der Waals surface area contributed by atoms with Crippen LogP contribution in [0.1, 0.15) is 23.1 Å². The second-order valence-corrected chi connectivity index (χ2v) is 4.53. The maximum absolute atomic E-state index is 11.7. The Hall–Kier alpha value is -1.35. The van der Waals surface area contributed by atoms with Crippen LogP contribution in [-0.4, -0.2) is 36.1 Å². The van der Waals surface area contributed by atoms with Crippen LogP contribution in [0.25, 0.3) is 0 Å². The van der Waals surface area contributed by atoms with Gasteiger partial charge in [-0.3, -0.25) is 4.79 Å². The molecule has 0 heterocycles. The molecule has 0 radical (unpaired) electrons. The number of amides is 1. The van der Waals surface area contributed by atoms with E-state index >= 15 is 0 Å². The lowest BCUT2D eigenvalue weighted by Crippen LogP contribution is -2.29. The molecule has 0 aromatic heterocycles. The lowest BCUT2D eigenvalue weighted by atomic mass is 10.0. The summed E-state index contributed by atoms with van der Waals surface area (Å²) in [6.45, 7) is 4.56. The normalized spacial score (nSPS) is 10.4. The number of benzene rings is 1. The van der Waals surface area contributed by atoms with Crippen LogP contribution in [0.5, 0.6) is 0 Å². The van der Waals surface area contributed by atoms with Crippen molar-refractivity contribution in [3.8, 4) is 0 Å². The Balaban J connectivity index is 2.52. The van der Waals surface area contributed by atoms with E-state index in [2.05, 4.69) is 32.0 Å². The predicted molar refractivity (Wildman–Crippen MR) is 69.0 cm³/mol. The number of rotatable bonds is 5. The summed E-state index contributed by atoms with van der Waals surface area (Å²) in [6.07, 6.45) is 1.26. The predicted octanol–water partition coefficient (Wildman–Crippen LogP) is 1.69. The summed E-state index contributed by atoms with van der Waals surface area (Å²) in [5.41, 5.74) is 3.67. The summed E-state index contributed by atoms with van der Waals surface area (Å²) in [5, 5.41) is 8.75. The molecule has 0 bridgehead atoms. The van der Waals surface area contributed by atoms with Crippen LogP contribution in [0, 0.1) is 13.8 Å². The molecule has 1 amide bonds. The molecule has 94 valence electrons. The third-order valence-electron chi connectivity index (χ3n) is 2.77. The zero-order chi connectivity index (χ0) is 12.8. The largest absolute Gasteiger partial charge is 0.395 e. The van der Waals surface area contributed by atoms with Crippen molar-refractivity contribution in [3.63, 3.8) is 0 Å². The summed E-state index contributed by atoms with van der Waals surface area (Å²) in [6, 6.07) is 6.36. The highest BCUT2D eigenvalue weighted by molar-refractivity contribution is 5.76. The first-order valence-electron chi connectivity index (χ1n) is 5.95. The van der Waals surface area contributed by atoms with Crippen molar-refractivity contribution < 1.29 is 9.90 Å². The first kappa shape index (κ1) is 13.7. The van der Waals surface area contributed by atoms with Crippen molar-refractivity contribution in [1.82, 2.24) is 4.90 Å². The number of carbonyl (C=O) groups is 1. The molecule has 0 spiro atoms. The summed E-state index contributed by atoms with van der Waals surface area (Å²) in [4.78, 5) is 13.3. The van der Waals surface area contributed by atoms with Crippen LogP contribution in [0.4, 0.5) is 0 Å². The first-order valence-corrected chi connectivity index (χ1v) is 5.95. The topological polar surface area (TPSA) is 40.5 Å². The molecular weight excluding hydrogens is 214 g/mol. The summed E-state index contributed by atoms with van der Waals surface area (Å²) in [7, 11) is 1.72. The van der Waals surface area contributed by atoms with Crippen LogP contribution in [0.2, 0.25) is 0 Å². The zero-order valence-corrected chi connectivity index (χ0v) is 10.9. The van der Waals surface area contributed by atoms with Crippen LogP contribution in [0.3, 0.4) is 0 Å². The van der Waals surface area contributed by atoms with Crippen LogP contribution >= 0.6 is 0 Å². The van der Waals surface area contributed by atoms with Gasteiger partial charge in [-0.1, -0.05) is 29.3 Å². The third-order valence-corrected chi connectivity index (χ3v) is 2.77. The standard InChI is InChI=1S/C14H21NO2/c1-11-8-12(2)10-13(9-11)4-5-14(17)15(3)6-7-16/h8-10,16H,4-7H2,1-3H3. The average Bonchev–Trinajstić information content (AvgIpc) is 2.25. The van der Waals surface area contributed by atoms with Crippen molar-refractivity contribution in [1.29, 1.82) is 0 Å². The van der Waals surface area contributed by atoms with Gasteiger partial charge < -0.3 is 10.0 Å². The van der Waals surface area contributed by atoms with Gasteiger partial charge in [-0.2, -0.15) is 0 Å². The fourth-order valence-electron chi connectivity index (χ4n) is 1.93. The Morgan fingerprint density at radius 2 is 1.82 bits per heavy atom. The van der Waals surface area contributed by atoms with E-state index in [1.165, 1.54) is 16.7 Å². The minimum Gasteiger partial charge on any atom is -0.395 e. The molecule has 0 aliphatic heterocycles. The quantitative estimate of drug-likeness (QED) is 0.843. The molecule has 1 aromatic carbocycles. The van der Waals surface area contributed by atoms with Crippen molar-refractivity contribution in [2.24, 2.45) is 0 Å². The van der Waals surface area contributed by atoms with Gasteiger partial charge in [0, 0.05) is 20.0 Å². The minimum absolute atomic E-state index is 0.0196. The molecule has 1 aromatic rings. The number of aliphatic hydroxyl groups is 1. The van der Waals surface area contributed by atoms with Gasteiger partial charge in [0.05, 0.1) is 6.61 Å². The summed E-state index contributed by atoms with van der Waals surface area (Å²) >= 11 is 0. The Bertz CT molecular complexity index is 368. The van der Waals surface area contributed by atoms with Gasteiger partial charge in [-0.25, -0.2) is 0 Å². The highest BCUT2D eigenvalue weighted by Gasteiger charge is 2.08. The number of hydrogen-bond acceptors (Lipinski definition) is 2. The molecular formula is C14H21NO2. The number of nitrogens with zero attached hydrogens (tertiary/aromatic N) is 1. The van der Waals surface area contributed by atoms with E-state index < -0.39 is 0 Å². The smallest absolute Gasteiger partial charge is 0.222 e. The maximum atomic E-state index is 11.7. The van der Waals surface area contributed by atoms with Crippen LogP contribution < -0.4 is 0 Å². The second kappa shape index (κ2) is 6.40. The van der Waals surface area contributed by atoms with E-state index in [4.69, 9.17) is 5.11 Å². The average molecular weight is 235 g/mol. The van der Waals surface area contributed by atoms with Gasteiger partial charge >= 0.3 is 0 Å². The van der Waals surface area contributed by atoms with E-state index in [0.29, 0.717) is 13.0 Å². The number of aryl methyl sites for hydroxylation is 3. The first-order chi connectivity index (χ1) is 8.02.